The van der Waals surface area contributed by atoms with Crippen LogP contribution in [0.2, 0.25) is 0 Å². The molecule has 2 N–H and O–H groups in total. The highest BCUT2D eigenvalue weighted by Gasteiger charge is 2.37. The maximum atomic E-state index is 12.8. The quantitative estimate of drug-likeness (QED) is 0.399. The molecule has 0 radical (unpaired) electrons. The normalized spacial score (nSPS) is 17.0. The minimum absolute atomic E-state index is 0.0282. The van der Waals surface area contributed by atoms with E-state index in [0.717, 1.165) is 6.42 Å². The Morgan fingerprint density at radius 2 is 1.81 bits per heavy atom. The van der Waals surface area contributed by atoms with Crippen LogP contribution in [0.5, 0.6) is 0 Å². The molecule has 3 heterocycles. The summed E-state index contributed by atoms with van der Waals surface area (Å²) in [6.07, 6.45) is 2.90. The highest BCUT2D eigenvalue weighted by Crippen LogP contribution is 2.29. The second-order valence-electron chi connectivity index (χ2n) is 8.11. The molecule has 0 saturated carbocycles. The van der Waals surface area contributed by atoms with Crippen LogP contribution in [0.1, 0.15) is 69.6 Å². The Bertz CT molecular complexity index is 1250. The molecule has 188 valence electrons. The molecule has 2 aromatic rings. The number of carbonyl (C=O) groups is 5. The van der Waals surface area contributed by atoms with Crippen molar-refractivity contribution in [2.75, 3.05) is 19.8 Å². The van der Waals surface area contributed by atoms with Crippen molar-refractivity contribution >= 4 is 29.8 Å². The van der Waals surface area contributed by atoms with Crippen molar-refractivity contribution in [1.82, 2.24) is 15.5 Å². The zero-order valence-corrected chi connectivity index (χ0v) is 19.8. The van der Waals surface area contributed by atoms with E-state index < -0.39 is 42.4 Å². The van der Waals surface area contributed by atoms with Crippen LogP contribution in [-0.4, -0.2) is 54.4 Å². The number of nitrogens with zero attached hydrogens (tertiary/aromatic N) is 1. The number of benzene rings is 1. The maximum absolute atomic E-state index is 12.8. The van der Waals surface area contributed by atoms with Crippen molar-refractivity contribution in [2.24, 2.45) is 0 Å². The van der Waals surface area contributed by atoms with Gasteiger partial charge in [0, 0.05) is 6.54 Å². The van der Waals surface area contributed by atoms with Gasteiger partial charge in [0.2, 0.25) is 0 Å². The minimum atomic E-state index is -0.945. The fraction of sp³-hybridized carbons (Fsp3) is 0.320. The molecule has 1 atom stereocenters. The van der Waals surface area contributed by atoms with E-state index in [0.29, 0.717) is 18.7 Å². The molecule has 1 aromatic heterocycles. The van der Waals surface area contributed by atoms with Gasteiger partial charge in [-0.05, 0) is 43.7 Å². The third-order valence-corrected chi connectivity index (χ3v) is 5.77. The molecule has 4 amide bonds. The summed E-state index contributed by atoms with van der Waals surface area (Å²) in [7, 11) is 0. The van der Waals surface area contributed by atoms with Crippen LogP contribution < -0.4 is 10.6 Å². The van der Waals surface area contributed by atoms with Gasteiger partial charge < -0.3 is 24.5 Å². The lowest BCUT2D eigenvalue weighted by Gasteiger charge is -2.27. The van der Waals surface area contributed by atoms with Crippen LogP contribution in [0, 0.1) is 0 Å². The van der Waals surface area contributed by atoms with Crippen LogP contribution in [0.15, 0.2) is 52.3 Å². The summed E-state index contributed by atoms with van der Waals surface area (Å²) in [6, 6.07) is 5.76. The predicted molar refractivity (Wildman–Crippen MR) is 124 cm³/mol. The maximum Gasteiger partial charge on any atom is 0.338 e. The van der Waals surface area contributed by atoms with Crippen molar-refractivity contribution in [3.8, 4) is 0 Å². The number of ether oxygens (including phenoxy) is 2. The van der Waals surface area contributed by atoms with Crippen LogP contribution in [0.3, 0.4) is 0 Å². The third-order valence-electron chi connectivity index (χ3n) is 5.77. The molecule has 0 fully saturated rings. The number of amides is 4. The number of unbranched alkanes of at least 4 members (excludes halogenated alkanes) is 1. The molecule has 2 aliphatic heterocycles. The first kappa shape index (κ1) is 24.7. The number of hydrogen-bond acceptors (Lipinski definition) is 8. The summed E-state index contributed by atoms with van der Waals surface area (Å²) in [5.74, 6) is -2.08. The molecule has 0 spiro atoms. The van der Waals surface area contributed by atoms with E-state index in [2.05, 4.69) is 10.6 Å². The zero-order valence-electron chi connectivity index (χ0n) is 19.8. The molecule has 0 aliphatic carbocycles. The number of nitrogens with one attached hydrogen (secondary N) is 2. The number of furan rings is 1. The molecule has 0 saturated heterocycles. The van der Waals surface area contributed by atoms with Gasteiger partial charge in [-0.1, -0.05) is 13.3 Å². The van der Waals surface area contributed by atoms with E-state index in [-0.39, 0.29) is 34.6 Å². The van der Waals surface area contributed by atoms with Gasteiger partial charge in [-0.15, -0.1) is 0 Å². The van der Waals surface area contributed by atoms with Crippen molar-refractivity contribution in [3.63, 3.8) is 0 Å². The highest BCUT2D eigenvalue weighted by atomic mass is 16.5. The Morgan fingerprint density at radius 1 is 1.03 bits per heavy atom. The molecule has 11 nitrogen and oxygen atoms in total. The Morgan fingerprint density at radius 3 is 2.50 bits per heavy atom. The van der Waals surface area contributed by atoms with E-state index >= 15 is 0 Å². The van der Waals surface area contributed by atoms with Gasteiger partial charge in [-0.3, -0.25) is 14.5 Å². The smallest absolute Gasteiger partial charge is 0.338 e. The van der Waals surface area contributed by atoms with E-state index in [4.69, 9.17) is 13.9 Å². The second kappa shape index (κ2) is 10.5. The minimum Gasteiger partial charge on any atom is -0.467 e. The van der Waals surface area contributed by atoms with Gasteiger partial charge in [-0.2, -0.15) is 0 Å². The van der Waals surface area contributed by atoms with Gasteiger partial charge in [0.1, 0.15) is 18.4 Å². The Kier molecular flexibility index (Phi) is 7.18. The van der Waals surface area contributed by atoms with Gasteiger partial charge in [0.05, 0.1) is 40.8 Å². The lowest BCUT2D eigenvalue weighted by molar-refractivity contribution is -0.139. The molecule has 0 bridgehead atoms. The molecule has 2 aliphatic rings. The van der Waals surface area contributed by atoms with Crippen LogP contribution in [0.25, 0.3) is 0 Å². The number of hydrogen-bond donors (Lipinski definition) is 2. The average Bonchev–Trinajstić information content (AvgIpc) is 3.48. The predicted octanol–water partition coefficient (Wildman–Crippen LogP) is 2.70. The summed E-state index contributed by atoms with van der Waals surface area (Å²) < 4.78 is 15.9. The van der Waals surface area contributed by atoms with Crippen molar-refractivity contribution in [2.45, 2.75) is 32.7 Å². The molecule has 1 aromatic carbocycles. The topological polar surface area (TPSA) is 144 Å². The van der Waals surface area contributed by atoms with Crippen molar-refractivity contribution in [3.05, 3.63) is 70.3 Å². The zero-order chi connectivity index (χ0) is 25.8. The first-order valence-corrected chi connectivity index (χ1v) is 11.5. The van der Waals surface area contributed by atoms with Gasteiger partial charge in [0.25, 0.3) is 11.8 Å². The van der Waals surface area contributed by atoms with Crippen molar-refractivity contribution in [1.29, 1.82) is 0 Å². The fourth-order valence-corrected chi connectivity index (χ4v) is 4.01. The van der Waals surface area contributed by atoms with E-state index in [9.17, 15) is 24.0 Å². The molecular weight excluding hydrogens is 470 g/mol. The van der Waals surface area contributed by atoms with E-state index in [1.54, 1.807) is 19.1 Å². The molecule has 36 heavy (non-hydrogen) atoms. The standard InChI is InChI=1S/C25H25N3O8/c1-3-5-10-28-21(29)15-9-8-14(12-16(15)22(28)30)23(31)36-13-17-19(24(32)34-4-2)20(27-25(33)26-17)18-7-6-11-35-18/h6-9,11-12,20H,3-5,10,13H2,1-2H3,(H2,26,27,33). The van der Waals surface area contributed by atoms with Crippen LogP contribution in [-0.2, 0) is 14.3 Å². The summed E-state index contributed by atoms with van der Waals surface area (Å²) in [5.41, 5.74) is 0.468. The molecule has 1 unspecified atom stereocenters. The summed E-state index contributed by atoms with van der Waals surface area (Å²) in [6.45, 7) is 3.53. The monoisotopic (exact) mass is 495 g/mol. The first-order valence-electron chi connectivity index (χ1n) is 11.5. The van der Waals surface area contributed by atoms with E-state index in [1.807, 2.05) is 6.92 Å². The first-order chi connectivity index (χ1) is 17.3. The summed E-state index contributed by atoms with van der Waals surface area (Å²) in [5, 5.41) is 5.09. The van der Waals surface area contributed by atoms with Crippen LogP contribution >= 0.6 is 0 Å². The summed E-state index contributed by atoms with van der Waals surface area (Å²) >= 11 is 0. The number of urea groups is 1. The molecular formula is C25H25N3O8. The third kappa shape index (κ3) is 4.72. The number of esters is 2. The Labute approximate surface area is 206 Å². The van der Waals surface area contributed by atoms with E-state index in [1.165, 1.54) is 29.4 Å². The Hall–Kier alpha value is -4.41. The molecule has 11 heteroatoms. The second-order valence-corrected chi connectivity index (χ2v) is 8.11. The summed E-state index contributed by atoms with van der Waals surface area (Å²) in [4.78, 5) is 64.1. The number of fused-ring (bicyclic) bond motifs is 1. The van der Waals surface area contributed by atoms with Crippen LogP contribution in [0.4, 0.5) is 4.79 Å². The average molecular weight is 495 g/mol. The number of rotatable bonds is 9. The number of imide groups is 1. The SMILES string of the molecule is CCCCN1C(=O)c2ccc(C(=O)OCC3=C(C(=O)OCC)C(c4ccco4)NC(=O)N3)cc2C1=O. The van der Waals surface area contributed by atoms with Crippen molar-refractivity contribution < 1.29 is 37.9 Å². The van der Waals surface area contributed by atoms with Gasteiger partial charge in [0.15, 0.2) is 0 Å². The van der Waals surface area contributed by atoms with Gasteiger partial charge >= 0.3 is 18.0 Å². The lowest BCUT2D eigenvalue weighted by atomic mass is 10.0. The van der Waals surface area contributed by atoms with Gasteiger partial charge in [-0.25, -0.2) is 14.4 Å². The number of carbonyl (C=O) groups excluding carboxylic acids is 5. The molecule has 4 rings (SSSR count). The Balaban J connectivity index is 1.56. The highest BCUT2D eigenvalue weighted by molar-refractivity contribution is 6.22. The lowest BCUT2D eigenvalue weighted by Crippen LogP contribution is -2.47. The fourth-order valence-electron chi connectivity index (χ4n) is 4.01. The largest absolute Gasteiger partial charge is 0.467 e.